The number of aliphatic imine (C=N–C) groups is 1. The molecule has 0 aliphatic carbocycles. The maximum Gasteiger partial charge on any atom is 0.145 e. The van der Waals surface area contributed by atoms with E-state index in [1.54, 1.807) is 4.80 Å². The van der Waals surface area contributed by atoms with Crippen LogP contribution in [0.3, 0.4) is 0 Å². The summed E-state index contributed by atoms with van der Waals surface area (Å²) < 4.78 is 5.81. The van der Waals surface area contributed by atoms with E-state index in [4.69, 9.17) is 9.73 Å². The molecule has 3 aromatic carbocycles. The van der Waals surface area contributed by atoms with E-state index in [1.807, 2.05) is 85.1 Å². The van der Waals surface area contributed by atoms with Crippen molar-refractivity contribution >= 4 is 34.7 Å². The van der Waals surface area contributed by atoms with E-state index in [0.29, 0.717) is 6.61 Å². The molecular formula is C22H16N4O. The van der Waals surface area contributed by atoms with Gasteiger partial charge in [-0.15, -0.1) is 10.2 Å². The van der Waals surface area contributed by atoms with Gasteiger partial charge < -0.3 is 4.74 Å². The monoisotopic (exact) mass is 352 g/mol. The molecule has 1 aliphatic rings. The molecule has 0 amide bonds. The average Bonchev–Trinajstić information content (AvgIpc) is 3.15. The lowest BCUT2D eigenvalue weighted by molar-refractivity contribution is 0.373. The van der Waals surface area contributed by atoms with Gasteiger partial charge in [0.05, 0.1) is 11.9 Å². The summed E-state index contributed by atoms with van der Waals surface area (Å²) >= 11 is 0. The first-order chi connectivity index (χ1) is 13.3. The highest BCUT2D eigenvalue weighted by molar-refractivity contribution is 6.06. The van der Waals surface area contributed by atoms with Crippen molar-refractivity contribution in [3.8, 4) is 5.75 Å². The SMILES string of the molecule is C(=C\n1nc2ccc(C3=Nc4ccccc4OC3)cc2n1)/c1ccccc1. The normalized spacial score (nSPS) is 13.4. The Morgan fingerprint density at radius 2 is 1.67 bits per heavy atom. The number of ether oxygens (including phenoxy) is 1. The number of nitrogens with zero attached hydrogens (tertiary/aromatic N) is 4. The van der Waals surface area contributed by atoms with Crippen molar-refractivity contribution in [3.05, 3.63) is 83.9 Å². The van der Waals surface area contributed by atoms with Crippen LogP contribution in [-0.2, 0) is 0 Å². The Morgan fingerprint density at radius 1 is 0.852 bits per heavy atom. The van der Waals surface area contributed by atoms with Crippen LogP contribution in [0.25, 0.3) is 23.3 Å². The van der Waals surface area contributed by atoms with Gasteiger partial charge in [-0.1, -0.05) is 48.5 Å². The highest BCUT2D eigenvalue weighted by Gasteiger charge is 2.15. The first kappa shape index (κ1) is 15.5. The van der Waals surface area contributed by atoms with E-state index in [2.05, 4.69) is 10.2 Å². The van der Waals surface area contributed by atoms with Gasteiger partial charge in [-0.3, -0.25) is 0 Å². The van der Waals surface area contributed by atoms with Crippen molar-refractivity contribution in [1.29, 1.82) is 0 Å². The van der Waals surface area contributed by atoms with E-state index in [9.17, 15) is 0 Å². The fourth-order valence-corrected chi connectivity index (χ4v) is 3.04. The van der Waals surface area contributed by atoms with Crippen LogP contribution in [-0.4, -0.2) is 27.3 Å². The Labute approximate surface area is 156 Å². The lowest BCUT2D eigenvalue weighted by Crippen LogP contribution is -2.16. The van der Waals surface area contributed by atoms with E-state index in [0.717, 1.165) is 39.3 Å². The molecule has 0 spiro atoms. The molecule has 2 heterocycles. The van der Waals surface area contributed by atoms with Crippen molar-refractivity contribution in [2.45, 2.75) is 0 Å². The molecule has 1 aliphatic heterocycles. The summed E-state index contributed by atoms with van der Waals surface area (Å²) in [6, 6.07) is 23.9. The van der Waals surface area contributed by atoms with Crippen molar-refractivity contribution < 1.29 is 4.74 Å². The Morgan fingerprint density at radius 3 is 2.59 bits per heavy atom. The van der Waals surface area contributed by atoms with Gasteiger partial charge in [0, 0.05) is 5.56 Å². The molecule has 5 rings (SSSR count). The van der Waals surface area contributed by atoms with Gasteiger partial charge in [0.1, 0.15) is 29.1 Å². The van der Waals surface area contributed by atoms with Crippen LogP contribution in [0, 0.1) is 0 Å². The van der Waals surface area contributed by atoms with Crippen LogP contribution >= 0.6 is 0 Å². The number of aromatic nitrogens is 3. The summed E-state index contributed by atoms with van der Waals surface area (Å²) in [4.78, 5) is 6.32. The minimum atomic E-state index is 0.449. The second kappa shape index (κ2) is 6.53. The van der Waals surface area contributed by atoms with E-state index >= 15 is 0 Å². The summed E-state index contributed by atoms with van der Waals surface area (Å²) in [7, 11) is 0. The zero-order valence-corrected chi connectivity index (χ0v) is 14.5. The minimum Gasteiger partial charge on any atom is -0.485 e. The molecule has 0 bridgehead atoms. The molecule has 0 atom stereocenters. The number of rotatable bonds is 3. The topological polar surface area (TPSA) is 52.3 Å². The lowest BCUT2D eigenvalue weighted by atomic mass is 10.1. The molecule has 5 heteroatoms. The zero-order chi connectivity index (χ0) is 18.1. The molecule has 0 radical (unpaired) electrons. The third kappa shape index (κ3) is 3.11. The summed E-state index contributed by atoms with van der Waals surface area (Å²) in [6.07, 6.45) is 3.84. The summed E-state index contributed by atoms with van der Waals surface area (Å²) in [5.41, 5.74) is 5.52. The van der Waals surface area contributed by atoms with E-state index < -0.39 is 0 Å². The molecule has 0 saturated carbocycles. The first-order valence-electron chi connectivity index (χ1n) is 8.75. The molecule has 0 saturated heterocycles. The van der Waals surface area contributed by atoms with Gasteiger partial charge in [-0.05, 0) is 35.9 Å². The molecular weight excluding hydrogens is 336 g/mol. The van der Waals surface area contributed by atoms with Gasteiger partial charge in [-0.25, -0.2) is 4.99 Å². The molecule has 1 aromatic heterocycles. The number of para-hydroxylation sites is 2. The second-order valence-electron chi connectivity index (χ2n) is 6.27. The van der Waals surface area contributed by atoms with Gasteiger partial charge in [0.2, 0.25) is 0 Å². The van der Waals surface area contributed by atoms with Crippen LogP contribution in [0.2, 0.25) is 0 Å². The Hall–Kier alpha value is -3.73. The molecule has 0 unspecified atom stereocenters. The van der Waals surface area contributed by atoms with E-state index in [1.165, 1.54) is 0 Å². The molecule has 0 N–H and O–H groups in total. The highest BCUT2D eigenvalue weighted by Crippen LogP contribution is 2.31. The zero-order valence-electron chi connectivity index (χ0n) is 14.5. The van der Waals surface area contributed by atoms with Crippen molar-refractivity contribution in [1.82, 2.24) is 15.0 Å². The lowest BCUT2D eigenvalue weighted by Gasteiger charge is -2.16. The van der Waals surface area contributed by atoms with Gasteiger partial charge >= 0.3 is 0 Å². The number of hydrogen-bond donors (Lipinski definition) is 0. The summed E-state index contributed by atoms with van der Waals surface area (Å²) in [5, 5.41) is 9.05. The maximum atomic E-state index is 5.81. The van der Waals surface area contributed by atoms with Crippen molar-refractivity contribution in [2.24, 2.45) is 4.99 Å². The van der Waals surface area contributed by atoms with Crippen LogP contribution in [0.15, 0.2) is 77.8 Å². The Balaban J connectivity index is 1.46. The Bertz CT molecular complexity index is 1180. The van der Waals surface area contributed by atoms with Crippen molar-refractivity contribution in [2.75, 3.05) is 6.61 Å². The maximum absolute atomic E-state index is 5.81. The predicted octanol–water partition coefficient (Wildman–Crippen LogP) is 4.57. The van der Waals surface area contributed by atoms with Gasteiger partial charge in [0.15, 0.2) is 0 Å². The third-order valence-electron chi connectivity index (χ3n) is 4.41. The average molecular weight is 352 g/mol. The predicted molar refractivity (Wildman–Crippen MR) is 107 cm³/mol. The first-order valence-corrected chi connectivity index (χ1v) is 8.75. The van der Waals surface area contributed by atoms with Crippen molar-refractivity contribution in [3.63, 3.8) is 0 Å². The van der Waals surface area contributed by atoms with Crippen LogP contribution < -0.4 is 4.74 Å². The van der Waals surface area contributed by atoms with Crippen LogP contribution in [0.4, 0.5) is 5.69 Å². The molecule has 4 aromatic rings. The Kier molecular flexibility index (Phi) is 3.76. The molecule has 130 valence electrons. The molecule has 5 nitrogen and oxygen atoms in total. The number of hydrogen-bond acceptors (Lipinski definition) is 4. The van der Waals surface area contributed by atoms with Crippen LogP contribution in [0.1, 0.15) is 11.1 Å². The standard InChI is InChI=1S/C22H16N4O/c1-2-6-16(7-3-1)12-13-26-24-18-11-10-17(14-20(18)25-26)21-15-27-22-9-5-4-8-19(22)23-21/h1-14H,15H2/b13-12+. The second-order valence-corrected chi connectivity index (χ2v) is 6.27. The summed E-state index contributed by atoms with van der Waals surface area (Å²) in [5.74, 6) is 0.819. The summed E-state index contributed by atoms with van der Waals surface area (Å²) in [6.45, 7) is 0.449. The molecule has 0 fully saturated rings. The highest BCUT2D eigenvalue weighted by atomic mass is 16.5. The third-order valence-corrected chi connectivity index (χ3v) is 4.41. The van der Waals surface area contributed by atoms with Crippen LogP contribution in [0.5, 0.6) is 5.75 Å². The quantitative estimate of drug-likeness (QED) is 0.543. The fraction of sp³-hybridized carbons (Fsp3) is 0.0455. The largest absolute Gasteiger partial charge is 0.485 e. The van der Waals surface area contributed by atoms with Gasteiger partial charge in [-0.2, -0.15) is 4.80 Å². The van der Waals surface area contributed by atoms with E-state index in [-0.39, 0.29) is 0 Å². The minimum absolute atomic E-state index is 0.449. The number of fused-ring (bicyclic) bond motifs is 2. The fourth-order valence-electron chi connectivity index (χ4n) is 3.04. The molecule has 27 heavy (non-hydrogen) atoms. The van der Waals surface area contributed by atoms with Gasteiger partial charge in [0.25, 0.3) is 0 Å². The number of benzene rings is 3. The smallest absolute Gasteiger partial charge is 0.145 e.